The lowest BCUT2D eigenvalue weighted by molar-refractivity contribution is -0.159. The molecular formula is C11H14Cl2O8. The molecule has 0 saturated carbocycles. The quantitative estimate of drug-likeness (QED) is 0.443. The molecule has 8 nitrogen and oxygen atoms in total. The van der Waals surface area contributed by atoms with Crippen molar-refractivity contribution < 1.29 is 38.9 Å². The fourth-order valence-corrected chi connectivity index (χ4v) is 1.30. The van der Waals surface area contributed by atoms with Crippen molar-refractivity contribution >= 4 is 47.1 Å². The highest BCUT2D eigenvalue weighted by Gasteiger charge is 2.24. The second kappa shape index (κ2) is 10.2. The molecule has 0 amide bonds. The van der Waals surface area contributed by atoms with E-state index in [-0.39, 0.29) is 12.8 Å². The first-order chi connectivity index (χ1) is 9.72. The third kappa shape index (κ3) is 10.9. The fourth-order valence-electron chi connectivity index (χ4n) is 1.05. The molecule has 0 bridgehead atoms. The highest BCUT2D eigenvalue weighted by molar-refractivity contribution is 6.44. The summed E-state index contributed by atoms with van der Waals surface area (Å²) in [6.45, 7) is -0.449. The smallest absolute Gasteiger partial charge is 0.306 e. The molecule has 0 aliphatic rings. The van der Waals surface area contributed by atoms with E-state index in [4.69, 9.17) is 38.2 Å². The minimum atomic E-state index is -1.19. The third-order valence-corrected chi connectivity index (χ3v) is 2.62. The maximum atomic E-state index is 11.3. The largest absolute Gasteiger partial charge is 0.481 e. The highest BCUT2D eigenvalue weighted by atomic mass is 35.5. The Bertz CT molecular complexity index is 396. The summed E-state index contributed by atoms with van der Waals surface area (Å²) in [6.07, 6.45) is -2.70. The van der Waals surface area contributed by atoms with Gasteiger partial charge in [0, 0.05) is 0 Å². The summed E-state index contributed by atoms with van der Waals surface area (Å²) in [5.41, 5.74) is 0. The topological polar surface area (TPSA) is 127 Å². The lowest BCUT2D eigenvalue weighted by Gasteiger charge is -2.18. The van der Waals surface area contributed by atoms with Gasteiger partial charge in [0.1, 0.15) is 11.4 Å². The number of esters is 2. The lowest BCUT2D eigenvalue weighted by atomic mass is 10.3. The van der Waals surface area contributed by atoms with Gasteiger partial charge >= 0.3 is 23.9 Å². The van der Waals surface area contributed by atoms with E-state index in [1.54, 1.807) is 0 Å². The highest BCUT2D eigenvalue weighted by Crippen LogP contribution is 2.14. The molecule has 0 radical (unpaired) electrons. The van der Waals surface area contributed by atoms with E-state index < -0.39 is 54.3 Å². The van der Waals surface area contributed by atoms with Gasteiger partial charge in [-0.05, 0) is 0 Å². The van der Waals surface area contributed by atoms with Crippen LogP contribution in [0.1, 0.15) is 25.7 Å². The molecule has 2 N–H and O–H groups in total. The van der Waals surface area contributed by atoms with Crippen LogP contribution in [0.5, 0.6) is 0 Å². The van der Waals surface area contributed by atoms with Crippen LogP contribution in [0, 0.1) is 0 Å². The van der Waals surface area contributed by atoms with Crippen molar-refractivity contribution in [3.63, 3.8) is 0 Å². The fraction of sp³-hybridized carbons (Fsp3) is 0.636. The molecule has 0 aliphatic heterocycles. The Morgan fingerprint density at radius 3 is 1.76 bits per heavy atom. The van der Waals surface area contributed by atoms with E-state index in [2.05, 4.69) is 4.74 Å². The van der Waals surface area contributed by atoms with Crippen LogP contribution < -0.4 is 0 Å². The first-order valence-corrected chi connectivity index (χ1v) is 6.66. The van der Waals surface area contributed by atoms with Crippen LogP contribution in [0.4, 0.5) is 0 Å². The van der Waals surface area contributed by atoms with Crippen LogP contribution in [0.3, 0.4) is 0 Å². The normalized spacial score (nSPS) is 11.8. The van der Waals surface area contributed by atoms with Crippen molar-refractivity contribution in [3.8, 4) is 0 Å². The van der Waals surface area contributed by atoms with Gasteiger partial charge < -0.3 is 19.7 Å². The Kier molecular flexibility index (Phi) is 9.48. The Morgan fingerprint density at radius 1 is 0.857 bits per heavy atom. The summed E-state index contributed by atoms with van der Waals surface area (Å²) in [4.78, 5) is 41.8. The monoisotopic (exact) mass is 344 g/mol. The zero-order valence-electron chi connectivity index (χ0n) is 10.8. The second-order valence-corrected chi connectivity index (χ2v) is 5.00. The second-order valence-electron chi connectivity index (χ2n) is 3.83. The zero-order valence-corrected chi connectivity index (χ0v) is 12.3. The minimum Gasteiger partial charge on any atom is -0.481 e. The molecule has 0 rings (SSSR count). The molecule has 0 aliphatic carbocycles. The van der Waals surface area contributed by atoms with E-state index in [9.17, 15) is 19.2 Å². The number of hydrogen-bond donors (Lipinski definition) is 2. The predicted molar refractivity (Wildman–Crippen MR) is 70.1 cm³/mol. The molecule has 0 spiro atoms. The van der Waals surface area contributed by atoms with Gasteiger partial charge in [-0.1, -0.05) is 0 Å². The average molecular weight is 345 g/mol. The number of carbonyl (C=O) groups excluding carboxylic acids is 2. The average Bonchev–Trinajstić information content (AvgIpc) is 2.38. The zero-order chi connectivity index (χ0) is 16.4. The SMILES string of the molecule is O=C(O)CCC(=O)OCC(OC(=O)CCC(=O)O)C(Cl)Cl. The number of halogens is 2. The number of rotatable bonds is 10. The first kappa shape index (κ1) is 19.5. The molecule has 0 saturated heterocycles. The first-order valence-electron chi connectivity index (χ1n) is 5.79. The Morgan fingerprint density at radius 2 is 1.33 bits per heavy atom. The van der Waals surface area contributed by atoms with Crippen LogP contribution in [-0.4, -0.2) is 51.6 Å². The third-order valence-electron chi connectivity index (χ3n) is 2.06. The number of hydrogen-bond acceptors (Lipinski definition) is 6. The molecule has 1 unspecified atom stereocenters. The summed E-state index contributed by atoms with van der Waals surface area (Å²) < 4.78 is 9.46. The van der Waals surface area contributed by atoms with Crippen LogP contribution in [-0.2, 0) is 28.7 Å². The number of ether oxygens (including phenoxy) is 2. The Labute approximate surface area is 129 Å². The molecule has 21 heavy (non-hydrogen) atoms. The summed E-state index contributed by atoms with van der Waals surface area (Å²) in [6, 6.07) is 0. The van der Waals surface area contributed by atoms with Crippen LogP contribution in [0.2, 0.25) is 0 Å². The van der Waals surface area contributed by atoms with Crippen molar-refractivity contribution in [2.75, 3.05) is 6.61 Å². The van der Waals surface area contributed by atoms with E-state index in [0.717, 1.165) is 0 Å². The maximum Gasteiger partial charge on any atom is 0.306 e. The van der Waals surface area contributed by atoms with Gasteiger partial charge in [0.25, 0.3) is 0 Å². The summed E-state index contributed by atoms with van der Waals surface area (Å²) in [5.74, 6) is -3.98. The molecule has 0 heterocycles. The molecular weight excluding hydrogens is 331 g/mol. The minimum absolute atomic E-state index is 0.343. The van der Waals surface area contributed by atoms with Gasteiger partial charge in [0.2, 0.25) is 0 Å². The van der Waals surface area contributed by atoms with E-state index in [0.29, 0.717) is 0 Å². The Hall–Kier alpha value is -1.54. The van der Waals surface area contributed by atoms with Crippen molar-refractivity contribution in [1.82, 2.24) is 0 Å². The van der Waals surface area contributed by atoms with E-state index >= 15 is 0 Å². The number of alkyl halides is 2. The Balaban J connectivity index is 4.18. The standard InChI is InChI=1S/C11H14Cl2O8/c12-11(13)6(21-10(19)4-2-8(16)17)5-20-9(18)3-1-7(14)15/h6,11H,1-5H2,(H,14,15)(H,16,17). The summed E-state index contributed by atoms with van der Waals surface area (Å²) >= 11 is 11.1. The number of carbonyl (C=O) groups is 4. The van der Waals surface area contributed by atoms with E-state index in [1.807, 2.05) is 0 Å². The van der Waals surface area contributed by atoms with Gasteiger partial charge in [0.15, 0.2) is 6.10 Å². The van der Waals surface area contributed by atoms with E-state index in [1.165, 1.54) is 0 Å². The van der Waals surface area contributed by atoms with Gasteiger partial charge in [-0.15, -0.1) is 23.2 Å². The predicted octanol–water partition coefficient (Wildman–Crippen LogP) is 0.975. The summed E-state index contributed by atoms with van der Waals surface area (Å²) in [7, 11) is 0. The van der Waals surface area contributed by atoms with Gasteiger partial charge in [-0.25, -0.2) is 0 Å². The van der Waals surface area contributed by atoms with Gasteiger partial charge in [-0.2, -0.15) is 0 Å². The number of carboxylic acid groups (broad SMARTS) is 2. The lowest BCUT2D eigenvalue weighted by Crippen LogP contribution is -2.30. The maximum absolute atomic E-state index is 11.3. The molecule has 0 aromatic rings. The molecule has 0 fully saturated rings. The van der Waals surface area contributed by atoms with Crippen molar-refractivity contribution in [3.05, 3.63) is 0 Å². The molecule has 120 valence electrons. The summed E-state index contributed by atoms with van der Waals surface area (Å²) in [5, 5.41) is 16.8. The van der Waals surface area contributed by atoms with Gasteiger partial charge in [0.05, 0.1) is 25.7 Å². The molecule has 0 aromatic carbocycles. The molecule has 0 aromatic heterocycles. The van der Waals surface area contributed by atoms with Crippen molar-refractivity contribution in [2.24, 2.45) is 0 Å². The van der Waals surface area contributed by atoms with Crippen LogP contribution >= 0.6 is 23.2 Å². The number of carboxylic acids is 2. The van der Waals surface area contributed by atoms with Crippen LogP contribution in [0.15, 0.2) is 0 Å². The van der Waals surface area contributed by atoms with Crippen molar-refractivity contribution in [2.45, 2.75) is 36.6 Å². The molecule has 1 atom stereocenters. The van der Waals surface area contributed by atoms with Crippen LogP contribution in [0.25, 0.3) is 0 Å². The van der Waals surface area contributed by atoms with Crippen molar-refractivity contribution in [1.29, 1.82) is 0 Å². The number of aliphatic carboxylic acids is 2. The molecule has 10 heteroatoms. The van der Waals surface area contributed by atoms with Gasteiger partial charge in [-0.3, -0.25) is 19.2 Å².